The zero-order valence-electron chi connectivity index (χ0n) is 13.5. The van der Waals surface area contributed by atoms with Crippen LogP contribution in [0, 0.1) is 0 Å². The molecule has 0 spiro atoms. The number of rotatable bonds is 3. The minimum absolute atomic E-state index is 0.00972. The van der Waals surface area contributed by atoms with Gasteiger partial charge >= 0.3 is 6.09 Å². The van der Waals surface area contributed by atoms with Crippen LogP contribution in [0.3, 0.4) is 0 Å². The van der Waals surface area contributed by atoms with Crippen molar-refractivity contribution in [2.75, 3.05) is 18.1 Å². The minimum atomic E-state index is -0.941. The highest BCUT2D eigenvalue weighted by Gasteiger charge is 2.30. The Kier molecular flexibility index (Phi) is 5.70. The van der Waals surface area contributed by atoms with Crippen molar-refractivity contribution in [3.05, 3.63) is 39.2 Å². The van der Waals surface area contributed by atoms with E-state index in [1.165, 1.54) is 9.91 Å². The number of benzene rings is 1. The van der Waals surface area contributed by atoms with E-state index in [1.54, 1.807) is 18.2 Å². The van der Waals surface area contributed by atoms with Crippen molar-refractivity contribution in [3.63, 3.8) is 0 Å². The molecule has 10 heteroatoms. The maximum Gasteiger partial charge on any atom is 0.407 e. The summed E-state index contributed by atoms with van der Waals surface area (Å²) in [4.78, 5) is 24.4. The van der Waals surface area contributed by atoms with E-state index in [9.17, 15) is 9.59 Å². The van der Waals surface area contributed by atoms with Gasteiger partial charge in [-0.05, 0) is 18.2 Å². The second kappa shape index (κ2) is 7.82. The van der Waals surface area contributed by atoms with Gasteiger partial charge in [-0.2, -0.15) is 0 Å². The Morgan fingerprint density at radius 3 is 2.50 bits per heavy atom. The number of carbonyl (C=O) groups is 2. The average molecular weight is 421 g/mol. The Bertz CT molecular complexity index is 763. The molecule has 2 amide bonds. The number of hydrogen-bond acceptors (Lipinski definition) is 4. The van der Waals surface area contributed by atoms with Gasteiger partial charge in [0.2, 0.25) is 5.91 Å². The highest BCUT2D eigenvalue weighted by molar-refractivity contribution is 6.42. The first-order chi connectivity index (χ1) is 12.3. The van der Waals surface area contributed by atoms with Crippen LogP contribution in [0.25, 0.3) is 0 Å². The fourth-order valence-corrected chi connectivity index (χ4v) is 3.36. The Balaban J connectivity index is 1.76. The first-order valence-corrected chi connectivity index (χ1v) is 9.06. The van der Waals surface area contributed by atoms with Crippen molar-refractivity contribution in [3.8, 4) is 0 Å². The van der Waals surface area contributed by atoms with Crippen LogP contribution < -0.4 is 10.4 Å². The first-order valence-electron chi connectivity index (χ1n) is 7.93. The molecule has 1 saturated heterocycles. The van der Waals surface area contributed by atoms with Gasteiger partial charge in [-0.3, -0.25) is 10.2 Å². The van der Waals surface area contributed by atoms with Crippen molar-refractivity contribution < 1.29 is 19.4 Å². The minimum Gasteiger partial charge on any atom is -0.491 e. The third-order valence-corrected chi connectivity index (χ3v) is 5.29. The molecule has 1 fully saturated rings. The van der Waals surface area contributed by atoms with Crippen molar-refractivity contribution in [1.29, 1.82) is 0 Å². The molecule has 2 aliphatic heterocycles. The summed E-state index contributed by atoms with van der Waals surface area (Å²) in [5.41, 5.74) is 3.20. The Morgan fingerprint density at radius 1 is 1.19 bits per heavy atom. The van der Waals surface area contributed by atoms with Gasteiger partial charge in [0.05, 0.1) is 22.2 Å². The summed E-state index contributed by atoms with van der Waals surface area (Å²) in [6, 6.07) is 4.86. The Morgan fingerprint density at radius 2 is 1.88 bits per heavy atom. The molecule has 1 aromatic rings. The summed E-state index contributed by atoms with van der Waals surface area (Å²) in [5.74, 6) is 0.0636. The average Bonchev–Trinajstić information content (AvgIpc) is 2.60. The number of carbonyl (C=O) groups excluding carboxylic acids is 1. The number of likely N-dealkylation sites (tertiary alicyclic amines) is 1. The lowest BCUT2D eigenvalue weighted by molar-refractivity contribution is -0.122. The number of carboxylic acid groups (broad SMARTS) is 1. The second-order valence-electron chi connectivity index (χ2n) is 5.95. The van der Waals surface area contributed by atoms with E-state index in [1.807, 2.05) is 0 Å². The van der Waals surface area contributed by atoms with Crippen molar-refractivity contribution in [1.82, 2.24) is 10.3 Å². The summed E-state index contributed by atoms with van der Waals surface area (Å²) >= 11 is 18.4. The number of hydrogen-bond donors (Lipinski definition) is 2. The van der Waals surface area contributed by atoms with E-state index in [0.717, 1.165) is 0 Å². The fourth-order valence-electron chi connectivity index (χ4n) is 2.82. The van der Waals surface area contributed by atoms with Crippen LogP contribution in [0.15, 0.2) is 29.1 Å². The van der Waals surface area contributed by atoms with Crippen LogP contribution in [0.4, 0.5) is 10.5 Å². The van der Waals surface area contributed by atoms with Gasteiger partial charge in [0.1, 0.15) is 11.9 Å². The van der Waals surface area contributed by atoms with Crippen LogP contribution in [0.2, 0.25) is 10.0 Å². The SMILES string of the molecule is O=C1CC(OC2CCN(C(=O)O)CC2)=C(Cl)N(c2ccc(Cl)c(Cl)c2)N1. The lowest BCUT2D eigenvalue weighted by Gasteiger charge is -2.34. The van der Waals surface area contributed by atoms with E-state index in [2.05, 4.69) is 5.43 Å². The van der Waals surface area contributed by atoms with Gasteiger partial charge in [-0.25, -0.2) is 9.80 Å². The molecule has 1 aromatic carbocycles. The Labute approximate surface area is 165 Å². The van der Waals surface area contributed by atoms with Crippen LogP contribution in [-0.4, -0.2) is 41.2 Å². The number of piperidine rings is 1. The van der Waals surface area contributed by atoms with Crippen molar-refractivity contribution >= 4 is 52.5 Å². The summed E-state index contributed by atoms with van der Waals surface area (Å²) in [6.07, 6.45) is -0.0575. The quantitative estimate of drug-likeness (QED) is 0.727. The van der Waals surface area contributed by atoms with Crippen LogP contribution in [0.5, 0.6) is 0 Å². The molecular formula is C16H16Cl3N3O4. The van der Waals surface area contributed by atoms with Crippen molar-refractivity contribution in [2.24, 2.45) is 0 Å². The standard InChI is InChI=1S/C16H16Cl3N3O4/c17-11-2-1-9(7-12(11)18)22-15(19)13(8-14(23)20-22)26-10-3-5-21(6-4-10)16(24)25/h1-2,7,10H,3-6,8H2,(H,20,23)(H,24,25). The van der Waals surface area contributed by atoms with E-state index >= 15 is 0 Å². The topological polar surface area (TPSA) is 82.1 Å². The maximum absolute atomic E-state index is 12.1. The molecule has 2 aliphatic rings. The van der Waals surface area contributed by atoms with Gasteiger partial charge in [-0.15, -0.1) is 0 Å². The molecular weight excluding hydrogens is 405 g/mol. The van der Waals surface area contributed by atoms with Gasteiger partial charge in [0, 0.05) is 25.9 Å². The summed E-state index contributed by atoms with van der Waals surface area (Å²) < 4.78 is 5.92. The number of halogens is 3. The van der Waals surface area contributed by atoms with Gasteiger partial charge in [0.15, 0.2) is 5.16 Å². The van der Waals surface area contributed by atoms with Crippen LogP contribution >= 0.6 is 34.8 Å². The van der Waals surface area contributed by atoms with E-state index in [4.69, 9.17) is 44.6 Å². The maximum atomic E-state index is 12.1. The highest BCUT2D eigenvalue weighted by Crippen LogP contribution is 2.33. The summed E-state index contributed by atoms with van der Waals surface area (Å²) in [5, 5.41) is 11.3. The molecule has 0 saturated carbocycles. The number of nitrogens with one attached hydrogen (secondary N) is 1. The molecule has 0 radical (unpaired) electrons. The molecule has 0 aliphatic carbocycles. The zero-order valence-corrected chi connectivity index (χ0v) is 15.8. The first kappa shape index (κ1) is 18.9. The number of ether oxygens (including phenoxy) is 1. The molecule has 0 unspecified atom stereocenters. The molecule has 0 aromatic heterocycles. The zero-order chi connectivity index (χ0) is 18.8. The van der Waals surface area contributed by atoms with Gasteiger partial charge in [0.25, 0.3) is 0 Å². The Hall–Kier alpha value is -1.83. The molecule has 3 rings (SSSR count). The lowest BCUT2D eigenvalue weighted by atomic mass is 10.1. The number of anilines is 1. The van der Waals surface area contributed by atoms with Gasteiger partial charge < -0.3 is 14.7 Å². The second-order valence-corrected chi connectivity index (χ2v) is 7.12. The highest BCUT2D eigenvalue weighted by atomic mass is 35.5. The number of nitrogens with zero attached hydrogens (tertiary/aromatic N) is 2. The third-order valence-electron chi connectivity index (χ3n) is 4.17. The molecule has 0 atom stereocenters. The lowest BCUT2D eigenvalue weighted by Crippen LogP contribution is -2.46. The molecule has 140 valence electrons. The van der Waals surface area contributed by atoms with Crippen LogP contribution in [-0.2, 0) is 9.53 Å². The monoisotopic (exact) mass is 419 g/mol. The predicted molar refractivity (Wildman–Crippen MR) is 98.3 cm³/mol. The molecule has 2 N–H and O–H groups in total. The van der Waals surface area contributed by atoms with Crippen molar-refractivity contribution in [2.45, 2.75) is 25.4 Å². The normalized spacial score (nSPS) is 18.8. The summed E-state index contributed by atoms with van der Waals surface area (Å²) in [6.45, 7) is 0.765. The van der Waals surface area contributed by atoms with E-state index < -0.39 is 6.09 Å². The molecule has 2 heterocycles. The largest absolute Gasteiger partial charge is 0.491 e. The van der Waals surface area contributed by atoms with E-state index in [-0.39, 0.29) is 23.6 Å². The smallest absolute Gasteiger partial charge is 0.407 e. The van der Waals surface area contributed by atoms with Gasteiger partial charge in [-0.1, -0.05) is 34.8 Å². The number of amides is 2. The molecule has 26 heavy (non-hydrogen) atoms. The molecule has 7 nitrogen and oxygen atoms in total. The predicted octanol–water partition coefficient (Wildman–Crippen LogP) is 3.80. The number of hydrazine groups is 1. The third kappa shape index (κ3) is 4.11. The van der Waals surface area contributed by atoms with Crippen LogP contribution in [0.1, 0.15) is 19.3 Å². The summed E-state index contributed by atoms with van der Waals surface area (Å²) in [7, 11) is 0. The fraction of sp³-hybridized carbons (Fsp3) is 0.375. The van der Waals surface area contributed by atoms with E-state index in [0.29, 0.717) is 47.4 Å². The molecule has 0 bridgehead atoms.